The first kappa shape index (κ1) is 9.18. The van der Waals surface area contributed by atoms with Crippen molar-refractivity contribution in [2.24, 2.45) is 0 Å². The Morgan fingerprint density at radius 1 is 1.46 bits per heavy atom. The van der Waals surface area contributed by atoms with Crippen molar-refractivity contribution in [3.63, 3.8) is 0 Å². The van der Waals surface area contributed by atoms with Gasteiger partial charge in [-0.1, -0.05) is 11.8 Å². The molecule has 1 aromatic rings. The van der Waals surface area contributed by atoms with Gasteiger partial charge in [0.25, 0.3) is 9.05 Å². The number of hydrogen-bond acceptors (Lipinski definition) is 4. The highest BCUT2D eigenvalue weighted by Crippen LogP contribution is 2.37. The lowest BCUT2D eigenvalue weighted by Gasteiger charge is -1.98. The minimum absolute atomic E-state index is 0.117. The van der Waals surface area contributed by atoms with Crippen LogP contribution >= 0.6 is 22.4 Å². The number of thioether (sulfide) groups is 1. The molecule has 0 bridgehead atoms. The van der Waals surface area contributed by atoms with Crippen LogP contribution < -0.4 is 4.74 Å². The van der Waals surface area contributed by atoms with Gasteiger partial charge in [0.05, 0.1) is 9.79 Å². The van der Waals surface area contributed by atoms with Gasteiger partial charge in [-0.05, 0) is 18.2 Å². The van der Waals surface area contributed by atoms with Crippen LogP contribution in [0.2, 0.25) is 0 Å². The molecule has 1 aliphatic rings. The van der Waals surface area contributed by atoms with Crippen LogP contribution in [0, 0.1) is 0 Å². The Morgan fingerprint density at radius 2 is 2.23 bits per heavy atom. The Bertz CT molecular complexity index is 441. The monoisotopic (exact) mass is 236 g/mol. The molecule has 0 spiro atoms. The Hall–Kier alpha value is -0.390. The summed E-state index contributed by atoms with van der Waals surface area (Å²) in [6.45, 7) is 0. The van der Waals surface area contributed by atoms with E-state index < -0.39 is 9.05 Å². The van der Waals surface area contributed by atoms with Crippen molar-refractivity contribution >= 4 is 31.5 Å². The fourth-order valence-corrected chi connectivity index (χ4v) is 2.67. The fourth-order valence-electron chi connectivity index (χ4n) is 1.03. The van der Waals surface area contributed by atoms with Gasteiger partial charge >= 0.3 is 0 Å². The van der Waals surface area contributed by atoms with Crippen LogP contribution in [0.1, 0.15) is 0 Å². The average Bonchev–Trinajstić information content (AvgIpc) is 2.47. The van der Waals surface area contributed by atoms with E-state index in [1.807, 2.05) is 0 Å². The molecule has 2 rings (SSSR count). The van der Waals surface area contributed by atoms with Crippen molar-refractivity contribution in [1.82, 2.24) is 0 Å². The van der Waals surface area contributed by atoms with Crippen LogP contribution in [0.4, 0.5) is 0 Å². The Morgan fingerprint density at radius 3 is 2.92 bits per heavy atom. The lowest BCUT2D eigenvalue weighted by Crippen LogP contribution is -1.90. The van der Waals surface area contributed by atoms with Crippen molar-refractivity contribution in [3.8, 4) is 5.75 Å². The molecule has 3 nitrogen and oxygen atoms in total. The van der Waals surface area contributed by atoms with Crippen molar-refractivity contribution in [2.45, 2.75) is 9.79 Å². The highest BCUT2D eigenvalue weighted by molar-refractivity contribution is 8.13. The summed E-state index contributed by atoms with van der Waals surface area (Å²) in [6, 6.07) is 4.58. The molecule has 0 saturated heterocycles. The molecule has 0 atom stereocenters. The molecule has 0 aliphatic carbocycles. The summed E-state index contributed by atoms with van der Waals surface area (Å²) in [7, 11) is 1.56. The third-order valence-electron chi connectivity index (χ3n) is 1.63. The third kappa shape index (κ3) is 1.77. The molecule has 0 fully saturated rings. The second-order valence-corrected chi connectivity index (χ2v) is 5.98. The zero-order chi connectivity index (χ0) is 9.47. The van der Waals surface area contributed by atoms with E-state index >= 15 is 0 Å². The van der Waals surface area contributed by atoms with E-state index in [4.69, 9.17) is 15.4 Å². The molecule has 1 aliphatic heterocycles. The summed E-state index contributed by atoms with van der Waals surface area (Å²) in [6.07, 6.45) is 0. The Labute approximate surface area is 84.5 Å². The highest BCUT2D eigenvalue weighted by atomic mass is 35.7. The molecule has 0 amide bonds. The van der Waals surface area contributed by atoms with Crippen molar-refractivity contribution in [2.75, 3.05) is 5.94 Å². The van der Waals surface area contributed by atoms with E-state index in [-0.39, 0.29) is 4.90 Å². The molecule has 1 heterocycles. The molecule has 70 valence electrons. The predicted molar refractivity (Wildman–Crippen MR) is 50.8 cm³/mol. The van der Waals surface area contributed by atoms with Gasteiger partial charge in [-0.3, -0.25) is 0 Å². The van der Waals surface area contributed by atoms with Gasteiger partial charge in [-0.25, -0.2) is 8.42 Å². The molecular formula is C7H5ClO3S2. The predicted octanol–water partition coefficient (Wildman–Crippen LogP) is 2.06. The minimum atomic E-state index is -3.62. The van der Waals surface area contributed by atoms with Gasteiger partial charge in [-0.15, -0.1) is 0 Å². The van der Waals surface area contributed by atoms with Gasteiger partial charge in [0.2, 0.25) is 0 Å². The van der Waals surface area contributed by atoms with Crippen LogP contribution in [-0.4, -0.2) is 14.4 Å². The summed E-state index contributed by atoms with van der Waals surface area (Å²) in [4.78, 5) is 0.938. The van der Waals surface area contributed by atoms with E-state index in [1.54, 1.807) is 6.07 Å². The van der Waals surface area contributed by atoms with Gasteiger partial charge in [0.15, 0.2) is 0 Å². The number of hydrogen-bond donors (Lipinski definition) is 0. The number of halogens is 1. The quantitative estimate of drug-likeness (QED) is 0.700. The average molecular weight is 237 g/mol. The van der Waals surface area contributed by atoms with Crippen LogP contribution in [0.25, 0.3) is 0 Å². The number of benzene rings is 1. The van der Waals surface area contributed by atoms with E-state index in [0.717, 1.165) is 4.90 Å². The van der Waals surface area contributed by atoms with E-state index in [9.17, 15) is 8.42 Å². The van der Waals surface area contributed by atoms with E-state index in [1.165, 1.54) is 23.9 Å². The molecular weight excluding hydrogens is 232 g/mol. The Balaban J connectivity index is 2.54. The first-order valence-corrected chi connectivity index (χ1v) is 6.71. The molecule has 0 unspecified atom stereocenters. The largest absolute Gasteiger partial charge is 0.481 e. The van der Waals surface area contributed by atoms with Crippen LogP contribution in [0.3, 0.4) is 0 Å². The number of rotatable bonds is 1. The zero-order valence-corrected chi connectivity index (χ0v) is 8.75. The number of ether oxygens (including phenoxy) is 1. The normalized spacial score (nSPS) is 15.2. The maximum Gasteiger partial charge on any atom is 0.261 e. The van der Waals surface area contributed by atoms with E-state index in [2.05, 4.69) is 0 Å². The SMILES string of the molecule is O=S(=O)(Cl)c1ccc2c(c1)SCO2. The third-order valence-corrected chi connectivity index (χ3v) is 3.84. The lowest BCUT2D eigenvalue weighted by atomic mass is 10.3. The molecule has 6 heteroatoms. The van der Waals surface area contributed by atoms with Gasteiger partial charge < -0.3 is 4.74 Å². The van der Waals surface area contributed by atoms with Crippen molar-refractivity contribution in [3.05, 3.63) is 18.2 Å². The van der Waals surface area contributed by atoms with Crippen LogP contribution in [-0.2, 0) is 9.05 Å². The maximum absolute atomic E-state index is 10.9. The molecule has 0 radical (unpaired) electrons. The second-order valence-electron chi connectivity index (χ2n) is 2.45. The Kier molecular flexibility index (Phi) is 2.17. The first-order valence-electron chi connectivity index (χ1n) is 3.42. The molecule has 0 N–H and O–H groups in total. The molecule has 0 aromatic heterocycles. The zero-order valence-electron chi connectivity index (χ0n) is 6.36. The molecule has 1 aromatic carbocycles. The van der Waals surface area contributed by atoms with Crippen LogP contribution in [0.5, 0.6) is 5.75 Å². The summed E-state index contributed by atoms with van der Waals surface area (Å²) in [5, 5.41) is 0. The van der Waals surface area contributed by atoms with Gasteiger partial charge in [0, 0.05) is 10.7 Å². The minimum Gasteiger partial charge on any atom is -0.481 e. The van der Waals surface area contributed by atoms with Gasteiger partial charge in [-0.2, -0.15) is 0 Å². The summed E-state index contributed by atoms with van der Waals surface area (Å²) < 4.78 is 27.1. The maximum atomic E-state index is 10.9. The first-order chi connectivity index (χ1) is 6.07. The number of fused-ring (bicyclic) bond motifs is 1. The summed E-state index contributed by atoms with van der Waals surface area (Å²) >= 11 is 1.45. The standard InChI is InChI=1S/C7H5ClO3S2/c8-13(9,10)5-1-2-6-7(3-5)12-4-11-6/h1-3H,4H2. The van der Waals surface area contributed by atoms with Crippen LogP contribution in [0.15, 0.2) is 28.0 Å². The van der Waals surface area contributed by atoms with E-state index in [0.29, 0.717) is 11.7 Å². The fraction of sp³-hybridized carbons (Fsp3) is 0.143. The second kappa shape index (κ2) is 3.08. The van der Waals surface area contributed by atoms with Gasteiger partial charge in [0.1, 0.15) is 11.7 Å². The molecule has 0 saturated carbocycles. The van der Waals surface area contributed by atoms with Crippen molar-refractivity contribution < 1.29 is 13.2 Å². The summed E-state index contributed by atoms with van der Waals surface area (Å²) in [5.74, 6) is 1.25. The topological polar surface area (TPSA) is 43.4 Å². The lowest BCUT2D eigenvalue weighted by molar-refractivity contribution is 0.397. The molecule has 13 heavy (non-hydrogen) atoms. The highest BCUT2D eigenvalue weighted by Gasteiger charge is 2.17. The smallest absolute Gasteiger partial charge is 0.261 e. The van der Waals surface area contributed by atoms with Crippen molar-refractivity contribution in [1.29, 1.82) is 0 Å². The summed E-state index contributed by atoms with van der Waals surface area (Å²) in [5.41, 5.74) is 0.